The monoisotopic (exact) mass is 247 g/mol. The van der Waals surface area contributed by atoms with E-state index in [2.05, 4.69) is 70.3 Å². The van der Waals surface area contributed by atoms with Crippen LogP contribution < -0.4 is 5.32 Å². The van der Waals surface area contributed by atoms with Gasteiger partial charge in [-0.3, -0.25) is 0 Å². The summed E-state index contributed by atoms with van der Waals surface area (Å²) in [5.41, 5.74) is 1.84. The molecule has 102 valence electrons. The molecule has 0 aromatic heterocycles. The first-order valence-corrected chi connectivity index (χ1v) is 7.14. The van der Waals surface area contributed by atoms with Gasteiger partial charge in [0.15, 0.2) is 0 Å². The Morgan fingerprint density at radius 3 is 2.11 bits per heavy atom. The molecule has 1 rings (SSSR count). The molecule has 1 heteroatoms. The van der Waals surface area contributed by atoms with Gasteiger partial charge in [0.05, 0.1) is 0 Å². The Morgan fingerprint density at radius 1 is 1.00 bits per heavy atom. The molecule has 1 unspecified atom stereocenters. The molecule has 18 heavy (non-hydrogen) atoms. The van der Waals surface area contributed by atoms with E-state index in [4.69, 9.17) is 0 Å². The van der Waals surface area contributed by atoms with Crippen molar-refractivity contribution in [3.05, 3.63) is 35.9 Å². The summed E-state index contributed by atoms with van der Waals surface area (Å²) in [5.74, 6) is 1.33. The van der Waals surface area contributed by atoms with Crippen LogP contribution in [0.5, 0.6) is 0 Å². The molecule has 0 saturated carbocycles. The predicted molar refractivity (Wildman–Crippen MR) is 81.0 cm³/mol. The van der Waals surface area contributed by atoms with E-state index in [9.17, 15) is 0 Å². The van der Waals surface area contributed by atoms with E-state index in [1.807, 2.05) is 0 Å². The van der Waals surface area contributed by atoms with Crippen LogP contribution in [0.1, 0.15) is 52.5 Å². The van der Waals surface area contributed by atoms with Crippen molar-refractivity contribution < 1.29 is 0 Å². The quantitative estimate of drug-likeness (QED) is 0.783. The Hall–Kier alpha value is -0.820. The van der Waals surface area contributed by atoms with Crippen LogP contribution in [0.25, 0.3) is 0 Å². The molecule has 1 nitrogen and oxygen atoms in total. The van der Waals surface area contributed by atoms with Crippen LogP contribution in [0.3, 0.4) is 0 Å². The summed E-state index contributed by atoms with van der Waals surface area (Å²) >= 11 is 0. The van der Waals surface area contributed by atoms with E-state index in [0.717, 1.165) is 19.0 Å². The lowest BCUT2D eigenvalue weighted by Crippen LogP contribution is -2.27. The molecule has 0 amide bonds. The largest absolute Gasteiger partial charge is 0.316 e. The fourth-order valence-electron chi connectivity index (χ4n) is 2.32. The van der Waals surface area contributed by atoms with Gasteiger partial charge in [-0.05, 0) is 35.8 Å². The fraction of sp³-hybridized carbons (Fsp3) is 0.647. The van der Waals surface area contributed by atoms with Crippen LogP contribution in [-0.4, -0.2) is 13.1 Å². The molecule has 1 aromatic carbocycles. The minimum Gasteiger partial charge on any atom is -0.316 e. The smallest absolute Gasteiger partial charge is 0.00204 e. The van der Waals surface area contributed by atoms with Gasteiger partial charge >= 0.3 is 0 Å². The van der Waals surface area contributed by atoms with Crippen LogP contribution in [0.15, 0.2) is 30.3 Å². The second-order valence-corrected chi connectivity index (χ2v) is 6.92. The molecule has 0 saturated heterocycles. The zero-order valence-corrected chi connectivity index (χ0v) is 12.7. The van der Waals surface area contributed by atoms with E-state index in [-0.39, 0.29) is 0 Å². The van der Waals surface area contributed by atoms with E-state index in [1.54, 1.807) is 0 Å². The Labute approximate surface area is 113 Å². The minimum absolute atomic E-state index is 0.375. The molecule has 0 bridgehead atoms. The van der Waals surface area contributed by atoms with Crippen molar-refractivity contribution in [3.8, 4) is 0 Å². The van der Waals surface area contributed by atoms with Gasteiger partial charge < -0.3 is 5.32 Å². The van der Waals surface area contributed by atoms with Crippen LogP contribution in [0, 0.1) is 11.3 Å². The summed E-state index contributed by atoms with van der Waals surface area (Å²) in [4.78, 5) is 0. The first-order valence-electron chi connectivity index (χ1n) is 7.14. The first-order chi connectivity index (χ1) is 8.38. The summed E-state index contributed by atoms with van der Waals surface area (Å²) in [6.07, 6.45) is 1.22. The van der Waals surface area contributed by atoms with Crippen molar-refractivity contribution in [2.75, 3.05) is 13.1 Å². The highest BCUT2D eigenvalue weighted by Gasteiger charge is 2.19. The standard InChI is InChI=1S/C17H29N/c1-14(2)12-18-13-16(11-17(3,4)5)15-9-7-6-8-10-15/h6-10,14,16,18H,11-13H2,1-5H3. The first kappa shape index (κ1) is 15.2. The number of hydrogen-bond acceptors (Lipinski definition) is 1. The van der Waals surface area contributed by atoms with Gasteiger partial charge in [0, 0.05) is 6.54 Å². The van der Waals surface area contributed by atoms with Crippen molar-refractivity contribution in [1.82, 2.24) is 5.32 Å². The van der Waals surface area contributed by atoms with Gasteiger partial charge in [-0.2, -0.15) is 0 Å². The second-order valence-electron chi connectivity index (χ2n) is 6.92. The third-order valence-corrected chi connectivity index (χ3v) is 3.07. The number of benzene rings is 1. The molecule has 0 spiro atoms. The van der Waals surface area contributed by atoms with Crippen LogP contribution in [-0.2, 0) is 0 Å². The average Bonchev–Trinajstić information content (AvgIpc) is 2.27. The maximum absolute atomic E-state index is 3.61. The highest BCUT2D eigenvalue weighted by Crippen LogP contribution is 2.30. The Balaban J connectivity index is 2.64. The van der Waals surface area contributed by atoms with Crippen molar-refractivity contribution >= 4 is 0 Å². The third-order valence-electron chi connectivity index (χ3n) is 3.07. The fourth-order valence-corrected chi connectivity index (χ4v) is 2.32. The van der Waals surface area contributed by atoms with Gasteiger partial charge in [0.1, 0.15) is 0 Å². The van der Waals surface area contributed by atoms with Crippen molar-refractivity contribution in [1.29, 1.82) is 0 Å². The van der Waals surface area contributed by atoms with Gasteiger partial charge in [-0.1, -0.05) is 65.0 Å². The molecule has 1 N–H and O–H groups in total. The van der Waals surface area contributed by atoms with Crippen LogP contribution in [0.4, 0.5) is 0 Å². The Kier molecular flexibility index (Phi) is 5.87. The molecular weight excluding hydrogens is 218 g/mol. The number of nitrogens with one attached hydrogen (secondary N) is 1. The van der Waals surface area contributed by atoms with Gasteiger partial charge in [-0.25, -0.2) is 0 Å². The lowest BCUT2D eigenvalue weighted by molar-refractivity contribution is 0.330. The summed E-state index contributed by atoms with van der Waals surface area (Å²) in [6, 6.07) is 10.9. The number of rotatable bonds is 6. The molecule has 0 aliphatic carbocycles. The predicted octanol–water partition coefficient (Wildman–Crippen LogP) is 4.45. The highest BCUT2D eigenvalue weighted by atomic mass is 14.9. The number of hydrogen-bond donors (Lipinski definition) is 1. The van der Waals surface area contributed by atoms with Crippen LogP contribution >= 0.6 is 0 Å². The maximum atomic E-state index is 3.61. The summed E-state index contributed by atoms with van der Waals surface area (Å²) in [7, 11) is 0. The van der Waals surface area contributed by atoms with E-state index in [1.165, 1.54) is 12.0 Å². The van der Waals surface area contributed by atoms with Crippen molar-refractivity contribution in [2.45, 2.75) is 47.0 Å². The molecule has 0 aliphatic rings. The molecule has 1 aromatic rings. The molecule has 0 heterocycles. The maximum Gasteiger partial charge on any atom is 0.00204 e. The van der Waals surface area contributed by atoms with Crippen LogP contribution in [0.2, 0.25) is 0 Å². The highest BCUT2D eigenvalue weighted by molar-refractivity contribution is 5.20. The zero-order chi connectivity index (χ0) is 13.6. The Morgan fingerprint density at radius 2 is 1.61 bits per heavy atom. The third kappa shape index (κ3) is 6.20. The average molecular weight is 247 g/mol. The Bertz CT molecular complexity index is 321. The molecule has 1 atom stereocenters. The molecule has 0 aliphatic heterocycles. The summed E-state index contributed by atoms with van der Waals surface area (Å²) in [5, 5.41) is 3.61. The van der Waals surface area contributed by atoms with Gasteiger partial charge in [-0.15, -0.1) is 0 Å². The second kappa shape index (κ2) is 6.94. The zero-order valence-electron chi connectivity index (χ0n) is 12.7. The lowest BCUT2D eigenvalue weighted by atomic mass is 9.81. The van der Waals surface area contributed by atoms with E-state index < -0.39 is 0 Å². The molecule has 0 radical (unpaired) electrons. The van der Waals surface area contributed by atoms with Crippen molar-refractivity contribution in [2.24, 2.45) is 11.3 Å². The lowest BCUT2D eigenvalue weighted by Gasteiger charge is -2.27. The minimum atomic E-state index is 0.375. The van der Waals surface area contributed by atoms with Gasteiger partial charge in [0.25, 0.3) is 0 Å². The molecule has 0 fully saturated rings. The summed E-state index contributed by atoms with van der Waals surface area (Å²) < 4.78 is 0. The van der Waals surface area contributed by atoms with E-state index in [0.29, 0.717) is 11.3 Å². The van der Waals surface area contributed by atoms with Gasteiger partial charge in [0.2, 0.25) is 0 Å². The van der Waals surface area contributed by atoms with Crippen molar-refractivity contribution in [3.63, 3.8) is 0 Å². The topological polar surface area (TPSA) is 12.0 Å². The van der Waals surface area contributed by atoms with E-state index >= 15 is 0 Å². The summed E-state index contributed by atoms with van der Waals surface area (Å²) in [6.45, 7) is 13.7. The SMILES string of the molecule is CC(C)CNCC(CC(C)(C)C)c1ccccc1. The molecular formula is C17H29N. The normalized spacial score (nSPS) is 13.9.